The summed E-state index contributed by atoms with van der Waals surface area (Å²) in [7, 11) is 1.18. The summed E-state index contributed by atoms with van der Waals surface area (Å²) in [5.41, 5.74) is -0.407. The van der Waals surface area contributed by atoms with Gasteiger partial charge in [0, 0.05) is 30.0 Å². The first-order valence-electron chi connectivity index (χ1n) is 5.98. The van der Waals surface area contributed by atoms with Crippen LogP contribution in [0.25, 0.3) is 0 Å². The van der Waals surface area contributed by atoms with Gasteiger partial charge >= 0.3 is 6.18 Å². The first-order valence-corrected chi connectivity index (χ1v) is 7.10. The van der Waals surface area contributed by atoms with Crippen LogP contribution in [0.1, 0.15) is 12.0 Å². The first-order chi connectivity index (χ1) is 9.36. The zero-order chi connectivity index (χ0) is 14.9. The Morgan fingerprint density at radius 1 is 1.45 bits per heavy atom. The molecule has 1 unspecified atom stereocenters. The fourth-order valence-corrected chi connectivity index (χ4v) is 2.65. The first kappa shape index (κ1) is 15.2. The smallest absolute Gasteiger partial charge is 0.419 e. The molecule has 0 aromatic heterocycles. The van der Waals surface area contributed by atoms with Crippen LogP contribution in [0.15, 0.2) is 18.2 Å². The standard InChI is InChI=1S/C13H13BrF3NO2/c1-20-11-5-9(2-3-10(11)13(15,16)17)18-7-8(6-14)4-12(18)19/h2-3,5,8H,4,6-7H2,1H3. The maximum atomic E-state index is 12.8. The highest BCUT2D eigenvalue weighted by atomic mass is 79.9. The van der Waals surface area contributed by atoms with Crippen molar-refractivity contribution in [3.8, 4) is 5.75 Å². The van der Waals surface area contributed by atoms with Crippen LogP contribution in [0.3, 0.4) is 0 Å². The van der Waals surface area contributed by atoms with Crippen molar-refractivity contribution in [2.75, 3.05) is 23.9 Å². The summed E-state index contributed by atoms with van der Waals surface area (Å²) in [6.07, 6.45) is -4.08. The Morgan fingerprint density at radius 2 is 2.15 bits per heavy atom. The van der Waals surface area contributed by atoms with Gasteiger partial charge in [-0.25, -0.2) is 0 Å². The highest BCUT2D eigenvalue weighted by molar-refractivity contribution is 9.09. The van der Waals surface area contributed by atoms with Crippen LogP contribution >= 0.6 is 15.9 Å². The second-order valence-corrected chi connectivity index (χ2v) is 5.26. The van der Waals surface area contributed by atoms with Crippen molar-refractivity contribution < 1.29 is 22.7 Å². The van der Waals surface area contributed by atoms with Crippen LogP contribution in [0.2, 0.25) is 0 Å². The molecule has 1 atom stereocenters. The highest BCUT2D eigenvalue weighted by Crippen LogP contribution is 2.39. The molecule has 1 amide bonds. The van der Waals surface area contributed by atoms with Crippen molar-refractivity contribution in [1.82, 2.24) is 0 Å². The van der Waals surface area contributed by atoms with Gasteiger partial charge in [-0.1, -0.05) is 15.9 Å². The van der Waals surface area contributed by atoms with Crippen molar-refractivity contribution >= 4 is 27.5 Å². The summed E-state index contributed by atoms with van der Waals surface area (Å²) in [6, 6.07) is 3.51. The predicted molar refractivity (Wildman–Crippen MR) is 72.3 cm³/mol. The zero-order valence-corrected chi connectivity index (χ0v) is 12.3. The SMILES string of the molecule is COc1cc(N2CC(CBr)CC2=O)ccc1C(F)(F)F. The van der Waals surface area contributed by atoms with E-state index in [0.717, 1.165) is 6.07 Å². The van der Waals surface area contributed by atoms with E-state index >= 15 is 0 Å². The van der Waals surface area contributed by atoms with Crippen LogP contribution in [-0.2, 0) is 11.0 Å². The molecule has 3 nitrogen and oxygen atoms in total. The van der Waals surface area contributed by atoms with Gasteiger partial charge < -0.3 is 9.64 Å². The molecule has 1 aliphatic heterocycles. The molecule has 1 fully saturated rings. The van der Waals surface area contributed by atoms with Crippen molar-refractivity contribution in [1.29, 1.82) is 0 Å². The van der Waals surface area contributed by atoms with Gasteiger partial charge in [0.2, 0.25) is 5.91 Å². The van der Waals surface area contributed by atoms with E-state index in [1.165, 1.54) is 24.1 Å². The van der Waals surface area contributed by atoms with E-state index in [2.05, 4.69) is 15.9 Å². The summed E-state index contributed by atoms with van der Waals surface area (Å²) >= 11 is 3.32. The Morgan fingerprint density at radius 3 is 2.65 bits per heavy atom. The Bertz CT molecular complexity index is 519. The summed E-state index contributed by atoms with van der Waals surface area (Å²) in [6.45, 7) is 0.499. The van der Waals surface area contributed by atoms with Crippen molar-refractivity contribution in [2.24, 2.45) is 5.92 Å². The van der Waals surface area contributed by atoms with Gasteiger partial charge in [-0.2, -0.15) is 13.2 Å². The maximum absolute atomic E-state index is 12.8. The van der Waals surface area contributed by atoms with Crippen molar-refractivity contribution in [3.05, 3.63) is 23.8 Å². The van der Waals surface area contributed by atoms with E-state index in [9.17, 15) is 18.0 Å². The molecule has 1 heterocycles. The number of anilines is 1. The monoisotopic (exact) mass is 351 g/mol. The van der Waals surface area contributed by atoms with Gasteiger partial charge in [0.25, 0.3) is 0 Å². The van der Waals surface area contributed by atoms with E-state index in [1.807, 2.05) is 0 Å². The maximum Gasteiger partial charge on any atom is 0.419 e. The van der Waals surface area contributed by atoms with Gasteiger partial charge in [0.05, 0.1) is 12.7 Å². The van der Waals surface area contributed by atoms with Gasteiger partial charge in [0.1, 0.15) is 5.75 Å². The minimum Gasteiger partial charge on any atom is -0.496 e. The third-order valence-electron chi connectivity index (χ3n) is 3.23. The molecular weight excluding hydrogens is 339 g/mol. The number of hydrogen-bond acceptors (Lipinski definition) is 2. The molecule has 1 aliphatic rings. The quantitative estimate of drug-likeness (QED) is 0.780. The molecule has 0 spiro atoms. The number of benzene rings is 1. The number of carbonyl (C=O) groups excluding carboxylic acids is 1. The van der Waals surface area contributed by atoms with Gasteiger partial charge in [0.15, 0.2) is 0 Å². The molecule has 1 aromatic carbocycles. The number of ether oxygens (including phenoxy) is 1. The molecule has 110 valence electrons. The Kier molecular flexibility index (Phi) is 4.27. The molecule has 20 heavy (non-hydrogen) atoms. The molecule has 1 saturated heterocycles. The van der Waals surface area contributed by atoms with E-state index in [-0.39, 0.29) is 17.6 Å². The van der Waals surface area contributed by atoms with Gasteiger partial charge in [-0.15, -0.1) is 0 Å². The van der Waals surface area contributed by atoms with Crippen LogP contribution in [0, 0.1) is 5.92 Å². The summed E-state index contributed by atoms with van der Waals surface area (Å²) < 4.78 is 43.1. The number of amides is 1. The van der Waals surface area contributed by atoms with Crippen LogP contribution in [0.4, 0.5) is 18.9 Å². The number of alkyl halides is 4. The Labute approximate surface area is 122 Å². The molecular formula is C13H13BrF3NO2. The number of halogens is 4. The number of nitrogens with zero attached hydrogens (tertiary/aromatic N) is 1. The highest BCUT2D eigenvalue weighted by Gasteiger charge is 2.36. The summed E-state index contributed by atoms with van der Waals surface area (Å²) in [4.78, 5) is 13.4. The minimum absolute atomic E-state index is 0.0868. The summed E-state index contributed by atoms with van der Waals surface area (Å²) in [5, 5.41) is 0.688. The Hall–Kier alpha value is -1.24. The van der Waals surface area contributed by atoms with E-state index in [1.54, 1.807) is 0 Å². The van der Waals surface area contributed by atoms with E-state index in [0.29, 0.717) is 24.0 Å². The second kappa shape index (κ2) is 5.63. The number of rotatable bonds is 3. The van der Waals surface area contributed by atoms with Crippen LogP contribution in [0.5, 0.6) is 5.75 Å². The predicted octanol–water partition coefficient (Wildman–Crippen LogP) is 3.46. The molecule has 0 N–H and O–H groups in total. The molecule has 0 aliphatic carbocycles. The van der Waals surface area contributed by atoms with E-state index < -0.39 is 11.7 Å². The summed E-state index contributed by atoms with van der Waals surface area (Å²) in [5.74, 6) is -0.183. The minimum atomic E-state index is -4.47. The number of hydrogen-bond donors (Lipinski definition) is 0. The lowest BCUT2D eigenvalue weighted by molar-refractivity contribution is -0.138. The van der Waals surface area contributed by atoms with Crippen molar-refractivity contribution in [2.45, 2.75) is 12.6 Å². The molecule has 0 saturated carbocycles. The molecule has 0 bridgehead atoms. The van der Waals surface area contributed by atoms with Gasteiger partial charge in [-0.3, -0.25) is 4.79 Å². The van der Waals surface area contributed by atoms with Crippen LogP contribution < -0.4 is 9.64 Å². The second-order valence-electron chi connectivity index (χ2n) is 4.61. The fourth-order valence-electron chi connectivity index (χ4n) is 2.22. The van der Waals surface area contributed by atoms with Crippen LogP contribution in [-0.4, -0.2) is 24.9 Å². The zero-order valence-electron chi connectivity index (χ0n) is 10.7. The molecule has 0 radical (unpaired) electrons. The lowest BCUT2D eigenvalue weighted by atomic mass is 10.1. The largest absolute Gasteiger partial charge is 0.496 e. The molecule has 7 heteroatoms. The fraction of sp³-hybridized carbons (Fsp3) is 0.462. The lowest BCUT2D eigenvalue weighted by Crippen LogP contribution is -2.24. The number of carbonyl (C=O) groups is 1. The third-order valence-corrected chi connectivity index (χ3v) is 4.14. The average Bonchev–Trinajstić information content (AvgIpc) is 2.78. The molecule has 2 rings (SSSR count). The molecule has 1 aromatic rings. The topological polar surface area (TPSA) is 29.5 Å². The normalized spacial score (nSPS) is 19.6. The average molecular weight is 352 g/mol. The number of methoxy groups -OCH3 is 1. The van der Waals surface area contributed by atoms with Crippen molar-refractivity contribution in [3.63, 3.8) is 0 Å². The van der Waals surface area contributed by atoms with E-state index in [4.69, 9.17) is 4.74 Å². The van der Waals surface area contributed by atoms with Gasteiger partial charge in [-0.05, 0) is 18.1 Å². The lowest BCUT2D eigenvalue weighted by Gasteiger charge is -2.19. The third kappa shape index (κ3) is 2.92. The Balaban J connectivity index is 2.33.